The van der Waals surface area contributed by atoms with Crippen LogP contribution in [0.5, 0.6) is 0 Å². The molecule has 7 nitrogen and oxygen atoms in total. The fourth-order valence-electron chi connectivity index (χ4n) is 2.06. The Kier molecular flexibility index (Phi) is 3.12. The largest absolute Gasteiger partial charge is 0.392 e. The van der Waals surface area contributed by atoms with Crippen LogP contribution >= 0.6 is 0 Å². The SMILES string of the molecule is CN1C[C@H](O)C[C@H]1C(=O)ON1C(=O)CCC1=O. The molecule has 2 atom stereocenters. The number of hydrogen-bond donors (Lipinski definition) is 1. The molecule has 0 spiro atoms. The highest BCUT2D eigenvalue weighted by atomic mass is 16.7. The summed E-state index contributed by atoms with van der Waals surface area (Å²) in [6.07, 6.45) is -0.168. The van der Waals surface area contributed by atoms with Gasteiger partial charge >= 0.3 is 5.97 Å². The van der Waals surface area contributed by atoms with Gasteiger partial charge in [0.1, 0.15) is 6.04 Å². The van der Waals surface area contributed by atoms with Crippen LogP contribution in [0.3, 0.4) is 0 Å². The molecule has 7 heteroatoms. The van der Waals surface area contributed by atoms with Crippen molar-refractivity contribution in [2.75, 3.05) is 13.6 Å². The highest BCUT2D eigenvalue weighted by Gasteiger charge is 2.39. The molecule has 0 aliphatic carbocycles. The number of imide groups is 1. The fraction of sp³-hybridized carbons (Fsp3) is 0.700. The van der Waals surface area contributed by atoms with Crippen LogP contribution in [0, 0.1) is 0 Å². The molecule has 0 aromatic carbocycles. The number of nitrogens with zero attached hydrogens (tertiary/aromatic N) is 2. The molecular weight excluding hydrogens is 228 g/mol. The molecule has 2 fully saturated rings. The molecule has 2 amide bonds. The second-order valence-corrected chi connectivity index (χ2v) is 4.34. The Hall–Kier alpha value is -1.47. The van der Waals surface area contributed by atoms with Gasteiger partial charge in [0.05, 0.1) is 6.10 Å². The maximum atomic E-state index is 11.7. The maximum absolute atomic E-state index is 11.7. The van der Waals surface area contributed by atoms with Gasteiger partial charge in [0, 0.05) is 25.8 Å². The molecule has 0 radical (unpaired) electrons. The average Bonchev–Trinajstić information content (AvgIpc) is 2.74. The number of β-amino-alcohol motifs (C(OH)–C–C–N with tert-alkyl or cyclic N) is 1. The van der Waals surface area contributed by atoms with Crippen molar-refractivity contribution in [2.24, 2.45) is 0 Å². The van der Waals surface area contributed by atoms with Gasteiger partial charge in [0.15, 0.2) is 0 Å². The van der Waals surface area contributed by atoms with E-state index in [1.165, 1.54) is 0 Å². The number of likely N-dealkylation sites (tertiary alicyclic amines) is 1. The summed E-state index contributed by atoms with van der Waals surface area (Å²) in [4.78, 5) is 40.6. The average molecular weight is 242 g/mol. The van der Waals surface area contributed by atoms with Crippen molar-refractivity contribution in [3.05, 3.63) is 0 Å². The minimum Gasteiger partial charge on any atom is -0.392 e. The lowest BCUT2D eigenvalue weighted by Gasteiger charge is -2.19. The number of rotatable bonds is 2. The van der Waals surface area contributed by atoms with E-state index in [9.17, 15) is 19.5 Å². The minimum atomic E-state index is -0.673. The van der Waals surface area contributed by atoms with E-state index in [1.807, 2.05) is 0 Å². The molecular formula is C10H14N2O5. The normalized spacial score (nSPS) is 30.1. The van der Waals surface area contributed by atoms with Crippen LogP contribution in [-0.4, -0.2) is 58.6 Å². The van der Waals surface area contributed by atoms with Crippen LogP contribution in [0.4, 0.5) is 0 Å². The second-order valence-electron chi connectivity index (χ2n) is 4.34. The third kappa shape index (κ3) is 2.29. The van der Waals surface area contributed by atoms with Crippen LogP contribution in [0.15, 0.2) is 0 Å². The van der Waals surface area contributed by atoms with Crippen molar-refractivity contribution in [2.45, 2.75) is 31.4 Å². The van der Waals surface area contributed by atoms with Crippen LogP contribution in [0.25, 0.3) is 0 Å². The molecule has 2 heterocycles. The quantitative estimate of drug-likeness (QED) is 0.603. The first-order valence-electron chi connectivity index (χ1n) is 5.45. The molecule has 0 bridgehead atoms. The van der Waals surface area contributed by atoms with Crippen LogP contribution < -0.4 is 0 Å². The Labute approximate surface area is 97.9 Å². The number of aliphatic hydroxyl groups excluding tert-OH is 1. The molecule has 2 rings (SSSR count). The summed E-state index contributed by atoms with van der Waals surface area (Å²) in [7, 11) is 1.68. The van der Waals surface area contributed by atoms with E-state index in [-0.39, 0.29) is 19.3 Å². The van der Waals surface area contributed by atoms with E-state index in [1.54, 1.807) is 11.9 Å². The van der Waals surface area contributed by atoms with E-state index in [0.29, 0.717) is 11.6 Å². The van der Waals surface area contributed by atoms with Gasteiger partial charge in [-0.3, -0.25) is 14.5 Å². The Morgan fingerprint density at radius 1 is 1.35 bits per heavy atom. The topological polar surface area (TPSA) is 87.2 Å². The molecule has 0 unspecified atom stereocenters. The van der Waals surface area contributed by atoms with E-state index in [4.69, 9.17) is 4.84 Å². The van der Waals surface area contributed by atoms with Gasteiger partial charge < -0.3 is 9.94 Å². The van der Waals surface area contributed by atoms with Gasteiger partial charge in [-0.05, 0) is 7.05 Å². The lowest BCUT2D eigenvalue weighted by molar-refractivity contribution is -0.200. The summed E-state index contributed by atoms with van der Waals surface area (Å²) in [5, 5.41) is 9.92. The lowest BCUT2D eigenvalue weighted by atomic mass is 10.2. The first-order chi connectivity index (χ1) is 7.99. The first kappa shape index (κ1) is 12.0. The molecule has 94 valence electrons. The Bertz CT molecular complexity index is 354. The zero-order valence-electron chi connectivity index (χ0n) is 9.46. The van der Waals surface area contributed by atoms with Crippen LogP contribution in [-0.2, 0) is 19.2 Å². The molecule has 2 aliphatic rings. The third-order valence-corrected chi connectivity index (χ3v) is 2.99. The summed E-state index contributed by atoms with van der Waals surface area (Å²) < 4.78 is 0. The number of amides is 2. The molecule has 2 aliphatic heterocycles. The monoisotopic (exact) mass is 242 g/mol. The van der Waals surface area contributed by atoms with Crippen LogP contribution in [0.2, 0.25) is 0 Å². The predicted octanol–water partition coefficient (Wildman–Crippen LogP) is -1.34. The van der Waals surface area contributed by atoms with E-state index >= 15 is 0 Å². The Morgan fingerprint density at radius 2 is 1.94 bits per heavy atom. The third-order valence-electron chi connectivity index (χ3n) is 2.99. The van der Waals surface area contributed by atoms with Gasteiger partial charge in [0.25, 0.3) is 11.8 Å². The molecule has 2 saturated heterocycles. The summed E-state index contributed by atoms with van der Waals surface area (Å²) in [6.45, 7) is 0.377. The summed E-state index contributed by atoms with van der Waals surface area (Å²) in [5.41, 5.74) is 0. The van der Waals surface area contributed by atoms with Crippen molar-refractivity contribution >= 4 is 17.8 Å². The molecule has 0 aromatic heterocycles. The van der Waals surface area contributed by atoms with E-state index < -0.39 is 29.9 Å². The standard InChI is InChI=1S/C10H14N2O5/c1-11-5-6(13)4-7(11)10(16)17-12-8(14)2-3-9(12)15/h6-7,13H,2-5H2,1H3/t6-,7+/m1/s1. The molecule has 1 N–H and O–H groups in total. The van der Waals surface area contributed by atoms with Crippen LogP contribution in [0.1, 0.15) is 19.3 Å². The van der Waals surface area contributed by atoms with E-state index in [0.717, 1.165) is 0 Å². The highest BCUT2D eigenvalue weighted by Crippen LogP contribution is 2.19. The summed E-state index contributed by atoms with van der Waals surface area (Å²) in [5.74, 6) is -1.67. The lowest BCUT2D eigenvalue weighted by Crippen LogP contribution is -2.40. The van der Waals surface area contributed by atoms with Crippen molar-refractivity contribution in [1.82, 2.24) is 9.96 Å². The van der Waals surface area contributed by atoms with Crippen molar-refractivity contribution in [3.8, 4) is 0 Å². The van der Waals surface area contributed by atoms with Gasteiger partial charge in [-0.15, -0.1) is 5.06 Å². The van der Waals surface area contributed by atoms with E-state index in [2.05, 4.69) is 0 Å². The van der Waals surface area contributed by atoms with Gasteiger partial charge in [-0.25, -0.2) is 4.79 Å². The van der Waals surface area contributed by atoms with Crippen molar-refractivity contribution in [3.63, 3.8) is 0 Å². The van der Waals surface area contributed by atoms with Crippen molar-refractivity contribution in [1.29, 1.82) is 0 Å². The Balaban J connectivity index is 1.97. The van der Waals surface area contributed by atoms with Gasteiger partial charge in [0.2, 0.25) is 0 Å². The summed E-state index contributed by atoms with van der Waals surface area (Å²) >= 11 is 0. The Morgan fingerprint density at radius 3 is 2.41 bits per heavy atom. The number of hydroxylamine groups is 2. The van der Waals surface area contributed by atoms with Gasteiger partial charge in [-0.1, -0.05) is 0 Å². The van der Waals surface area contributed by atoms with Crippen molar-refractivity contribution < 1.29 is 24.3 Å². The predicted molar refractivity (Wildman–Crippen MR) is 54.2 cm³/mol. The minimum absolute atomic E-state index is 0.0786. The summed E-state index contributed by atoms with van der Waals surface area (Å²) in [6, 6.07) is -0.605. The number of carbonyl (C=O) groups excluding carboxylic acids is 3. The number of hydrogen-bond acceptors (Lipinski definition) is 6. The molecule has 0 aromatic rings. The molecule has 17 heavy (non-hydrogen) atoms. The molecule has 0 saturated carbocycles. The maximum Gasteiger partial charge on any atom is 0.350 e. The number of likely N-dealkylation sites (N-methyl/N-ethyl adjacent to an activating group) is 1. The number of aliphatic hydroxyl groups is 1. The zero-order chi connectivity index (χ0) is 12.6. The van der Waals surface area contributed by atoms with Gasteiger partial charge in [-0.2, -0.15) is 0 Å². The smallest absolute Gasteiger partial charge is 0.350 e. The zero-order valence-corrected chi connectivity index (χ0v) is 9.46. The number of carbonyl (C=O) groups is 3. The second kappa shape index (κ2) is 4.42. The fourth-order valence-corrected chi connectivity index (χ4v) is 2.06. The first-order valence-corrected chi connectivity index (χ1v) is 5.45. The highest BCUT2D eigenvalue weighted by molar-refractivity contribution is 6.01.